The van der Waals surface area contributed by atoms with Crippen LogP contribution in [0.25, 0.3) is 22.4 Å². The summed E-state index contributed by atoms with van der Waals surface area (Å²) in [6.07, 6.45) is 1.71. The molecule has 1 aromatic carbocycles. The molecule has 3 rings (SSSR count). The number of nitrogens with zero attached hydrogens (tertiary/aromatic N) is 2. The van der Waals surface area contributed by atoms with Crippen LogP contribution in [0.15, 0.2) is 34.9 Å². The standard InChI is InChI=1S/C15H15N3O/c1-9-12(7-16)10(2)18-15(17-9)13-8-19-14-6-4-3-5-11(13)14/h3-6,8H,7,16H2,1-2H3. The highest BCUT2D eigenvalue weighted by Crippen LogP contribution is 2.28. The summed E-state index contributed by atoms with van der Waals surface area (Å²) in [5, 5.41) is 1.03. The number of benzene rings is 1. The van der Waals surface area contributed by atoms with E-state index in [1.807, 2.05) is 38.1 Å². The van der Waals surface area contributed by atoms with Crippen molar-refractivity contribution in [1.29, 1.82) is 0 Å². The number of para-hydroxylation sites is 1. The fourth-order valence-electron chi connectivity index (χ4n) is 2.31. The van der Waals surface area contributed by atoms with Crippen LogP contribution in [-0.4, -0.2) is 9.97 Å². The predicted molar refractivity (Wildman–Crippen MR) is 74.6 cm³/mol. The lowest BCUT2D eigenvalue weighted by molar-refractivity contribution is 0.616. The van der Waals surface area contributed by atoms with E-state index < -0.39 is 0 Å². The first-order valence-electron chi connectivity index (χ1n) is 6.21. The number of rotatable bonds is 2. The number of furan rings is 1. The number of fused-ring (bicyclic) bond motifs is 1. The average molecular weight is 253 g/mol. The molecule has 19 heavy (non-hydrogen) atoms. The normalized spacial score (nSPS) is 11.1. The lowest BCUT2D eigenvalue weighted by Gasteiger charge is -2.08. The van der Waals surface area contributed by atoms with Crippen molar-refractivity contribution in [3.63, 3.8) is 0 Å². The highest BCUT2D eigenvalue weighted by atomic mass is 16.3. The Kier molecular flexibility index (Phi) is 2.80. The third kappa shape index (κ3) is 1.90. The molecule has 0 fully saturated rings. The minimum atomic E-state index is 0.462. The van der Waals surface area contributed by atoms with Gasteiger partial charge in [-0.25, -0.2) is 9.97 Å². The number of aromatic nitrogens is 2. The molecule has 0 saturated heterocycles. The van der Waals surface area contributed by atoms with E-state index in [2.05, 4.69) is 9.97 Å². The van der Waals surface area contributed by atoms with Crippen molar-refractivity contribution in [1.82, 2.24) is 9.97 Å². The SMILES string of the molecule is Cc1nc(-c2coc3ccccc23)nc(C)c1CN. The first-order chi connectivity index (χ1) is 9.20. The van der Waals surface area contributed by atoms with Crippen molar-refractivity contribution in [2.45, 2.75) is 20.4 Å². The van der Waals surface area contributed by atoms with Crippen molar-refractivity contribution < 1.29 is 4.42 Å². The molecule has 0 radical (unpaired) electrons. The topological polar surface area (TPSA) is 64.9 Å². The summed E-state index contributed by atoms with van der Waals surface area (Å²) >= 11 is 0. The van der Waals surface area contributed by atoms with Gasteiger partial charge in [-0.15, -0.1) is 0 Å². The summed E-state index contributed by atoms with van der Waals surface area (Å²) in [6, 6.07) is 7.88. The van der Waals surface area contributed by atoms with Crippen LogP contribution in [-0.2, 0) is 6.54 Å². The Bertz CT molecular complexity index is 723. The van der Waals surface area contributed by atoms with E-state index in [-0.39, 0.29) is 0 Å². The van der Waals surface area contributed by atoms with Crippen molar-refractivity contribution in [2.24, 2.45) is 5.73 Å². The molecule has 0 aliphatic rings. The zero-order valence-electron chi connectivity index (χ0n) is 11.0. The second-order valence-corrected chi connectivity index (χ2v) is 4.55. The largest absolute Gasteiger partial charge is 0.464 e. The van der Waals surface area contributed by atoms with Crippen LogP contribution in [0.1, 0.15) is 17.0 Å². The molecule has 0 saturated carbocycles. The first kappa shape index (κ1) is 11.9. The van der Waals surface area contributed by atoms with Gasteiger partial charge in [0.05, 0.1) is 5.56 Å². The summed E-state index contributed by atoms with van der Waals surface area (Å²) in [5.41, 5.74) is 10.3. The zero-order valence-corrected chi connectivity index (χ0v) is 11.0. The molecular formula is C15H15N3O. The smallest absolute Gasteiger partial charge is 0.163 e. The van der Waals surface area contributed by atoms with Crippen LogP contribution in [0.3, 0.4) is 0 Å². The third-order valence-electron chi connectivity index (χ3n) is 3.35. The van der Waals surface area contributed by atoms with E-state index in [4.69, 9.17) is 10.2 Å². The molecule has 0 spiro atoms. The molecular weight excluding hydrogens is 238 g/mol. The van der Waals surface area contributed by atoms with Crippen LogP contribution in [0.2, 0.25) is 0 Å². The van der Waals surface area contributed by atoms with Gasteiger partial charge < -0.3 is 10.2 Å². The number of hydrogen-bond acceptors (Lipinski definition) is 4. The summed E-state index contributed by atoms with van der Waals surface area (Å²) in [4.78, 5) is 9.09. The Morgan fingerprint density at radius 2 is 1.79 bits per heavy atom. The second-order valence-electron chi connectivity index (χ2n) is 4.55. The molecule has 0 atom stereocenters. The lowest BCUT2D eigenvalue weighted by Crippen LogP contribution is -2.07. The van der Waals surface area contributed by atoms with E-state index in [0.29, 0.717) is 12.4 Å². The van der Waals surface area contributed by atoms with E-state index in [0.717, 1.165) is 33.5 Å². The number of nitrogens with two attached hydrogens (primary N) is 1. The van der Waals surface area contributed by atoms with Crippen LogP contribution in [0, 0.1) is 13.8 Å². The summed E-state index contributed by atoms with van der Waals surface area (Å²) in [6.45, 7) is 4.38. The van der Waals surface area contributed by atoms with Crippen LogP contribution < -0.4 is 5.73 Å². The van der Waals surface area contributed by atoms with Crippen LogP contribution >= 0.6 is 0 Å². The maximum absolute atomic E-state index is 5.71. The molecule has 0 amide bonds. The van der Waals surface area contributed by atoms with Crippen molar-refractivity contribution in [3.05, 3.63) is 47.5 Å². The van der Waals surface area contributed by atoms with Gasteiger partial charge in [-0.1, -0.05) is 18.2 Å². The van der Waals surface area contributed by atoms with Gasteiger partial charge in [0.1, 0.15) is 11.8 Å². The van der Waals surface area contributed by atoms with Gasteiger partial charge in [0.2, 0.25) is 0 Å². The van der Waals surface area contributed by atoms with Crippen molar-refractivity contribution in [3.8, 4) is 11.4 Å². The van der Waals surface area contributed by atoms with Crippen LogP contribution in [0.5, 0.6) is 0 Å². The Labute approximate surface area is 111 Å². The maximum Gasteiger partial charge on any atom is 0.163 e. The summed E-state index contributed by atoms with van der Waals surface area (Å²) in [7, 11) is 0. The molecule has 0 bridgehead atoms. The summed E-state index contributed by atoms with van der Waals surface area (Å²) < 4.78 is 5.54. The van der Waals surface area contributed by atoms with E-state index in [1.165, 1.54) is 0 Å². The summed E-state index contributed by atoms with van der Waals surface area (Å²) in [5.74, 6) is 0.692. The monoisotopic (exact) mass is 253 g/mol. The Balaban J connectivity index is 2.22. The minimum Gasteiger partial charge on any atom is -0.464 e. The minimum absolute atomic E-state index is 0.462. The Morgan fingerprint density at radius 1 is 1.11 bits per heavy atom. The van der Waals surface area contributed by atoms with E-state index >= 15 is 0 Å². The molecule has 96 valence electrons. The van der Waals surface area contributed by atoms with Crippen molar-refractivity contribution >= 4 is 11.0 Å². The molecule has 2 aromatic heterocycles. The Morgan fingerprint density at radius 3 is 2.47 bits per heavy atom. The molecule has 3 aromatic rings. The third-order valence-corrected chi connectivity index (χ3v) is 3.35. The van der Waals surface area contributed by atoms with Gasteiger partial charge in [0.25, 0.3) is 0 Å². The lowest BCUT2D eigenvalue weighted by atomic mass is 10.1. The molecule has 2 N–H and O–H groups in total. The first-order valence-corrected chi connectivity index (χ1v) is 6.21. The quantitative estimate of drug-likeness (QED) is 0.762. The van der Waals surface area contributed by atoms with Crippen molar-refractivity contribution in [2.75, 3.05) is 0 Å². The maximum atomic E-state index is 5.71. The number of aryl methyl sites for hydroxylation is 2. The molecule has 2 heterocycles. The van der Waals surface area contributed by atoms with Gasteiger partial charge in [0, 0.05) is 28.9 Å². The van der Waals surface area contributed by atoms with E-state index in [9.17, 15) is 0 Å². The average Bonchev–Trinajstić information content (AvgIpc) is 2.82. The fourth-order valence-corrected chi connectivity index (χ4v) is 2.31. The molecule has 0 aliphatic carbocycles. The molecule has 4 nitrogen and oxygen atoms in total. The molecule has 0 aliphatic heterocycles. The Hall–Kier alpha value is -2.20. The predicted octanol–water partition coefficient (Wildman–Crippen LogP) is 2.97. The van der Waals surface area contributed by atoms with Gasteiger partial charge in [-0.05, 0) is 19.9 Å². The fraction of sp³-hybridized carbons (Fsp3) is 0.200. The highest BCUT2D eigenvalue weighted by molar-refractivity contribution is 5.91. The van der Waals surface area contributed by atoms with Gasteiger partial charge in [-0.2, -0.15) is 0 Å². The van der Waals surface area contributed by atoms with E-state index in [1.54, 1.807) is 6.26 Å². The van der Waals surface area contributed by atoms with Gasteiger partial charge in [0.15, 0.2) is 5.82 Å². The zero-order chi connectivity index (χ0) is 13.4. The molecule has 4 heteroatoms. The number of hydrogen-bond donors (Lipinski definition) is 1. The van der Waals surface area contributed by atoms with Crippen LogP contribution in [0.4, 0.5) is 0 Å². The molecule has 0 unspecified atom stereocenters. The second kappa shape index (κ2) is 4.48. The highest BCUT2D eigenvalue weighted by Gasteiger charge is 2.13. The van der Waals surface area contributed by atoms with Gasteiger partial charge in [-0.3, -0.25) is 0 Å². The van der Waals surface area contributed by atoms with Gasteiger partial charge >= 0.3 is 0 Å².